The molecule has 7 heteroatoms. The minimum Gasteiger partial charge on any atom is -0.289 e. The number of nitrogens with zero attached hydrogens (tertiary/aromatic N) is 3. The number of fused-ring (bicyclic) bond motifs is 1. The lowest BCUT2D eigenvalue weighted by Crippen LogP contribution is -2.23. The van der Waals surface area contributed by atoms with Crippen LogP contribution < -0.4 is 10.9 Å². The molecule has 92 valence electrons. The van der Waals surface area contributed by atoms with Crippen LogP contribution in [0.1, 0.15) is 0 Å². The van der Waals surface area contributed by atoms with Crippen molar-refractivity contribution in [2.45, 2.75) is 0 Å². The number of aliphatic imine (C=N–C) groups is 1. The second-order valence-corrected chi connectivity index (χ2v) is 3.79. The highest BCUT2D eigenvalue weighted by Crippen LogP contribution is 2.33. The highest BCUT2D eigenvalue weighted by Gasteiger charge is 2.14. The summed E-state index contributed by atoms with van der Waals surface area (Å²) in [6.07, 6.45) is 1.50. The Morgan fingerprint density at radius 3 is 2.61 bits per heavy atom. The van der Waals surface area contributed by atoms with Gasteiger partial charge in [0.15, 0.2) is 16.8 Å². The standard InChI is InChI=1S/C11H8ClN5.ClH/c12-9-8-11(17-14-6-13-8)16-10(15-9)7-4-2-1-3-5-7;/h1-6H,(H,13,14)(H,15,16,17);1H. The highest BCUT2D eigenvalue weighted by atomic mass is 35.5. The van der Waals surface area contributed by atoms with E-state index in [1.165, 1.54) is 6.34 Å². The SMILES string of the molecule is Cl.Clc1nc(-c2ccccc2)nc2c1N=CNN2. The van der Waals surface area contributed by atoms with E-state index in [0.29, 0.717) is 22.5 Å². The first-order valence-electron chi connectivity index (χ1n) is 5.01. The topological polar surface area (TPSA) is 62.2 Å². The lowest BCUT2D eigenvalue weighted by atomic mass is 10.2. The molecule has 0 spiro atoms. The number of halogens is 2. The summed E-state index contributed by atoms with van der Waals surface area (Å²) < 4.78 is 0. The monoisotopic (exact) mass is 281 g/mol. The first-order chi connectivity index (χ1) is 8.34. The van der Waals surface area contributed by atoms with Crippen molar-refractivity contribution in [3.05, 3.63) is 35.5 Å². The summed E-state index contributed by atoms with van der Waals surface area (Å²) in [5.74, 6) is 1.15. The van der Waals surface area contributed by atoms with Crippen LogP contribution in [0.4, 0.5) is 11.5 Å². The fraction of sp³-hybridized carbons (Fsp3) is 0. The fourth-order valence-electron chi connectivity index (χ4n) is 1.54. The van der Waals surface area contributed by atoms with Crippen molar-refractivity contribution in [1.82, 2.24) is 15.4 Å². The van der Waals surface area contributed by atoms with Crippen LogP contribution in [-0.4, -0.2) is 16.3 Å². The first kappa shape index (κ1) is 12.6. The Morgan fingerprint density at radius 2 is 1.83 bits per heavy atom. The van der Waals surface area contributed by atoms with E-state index >= 15 is 0 Å². The molecule has 5 nitrogen and oxygen atoms in total. The maximum absolute atomic E-state index is 6.06. The zero-order valence-corrected chi connectivity index (χ0v) is 10.7. The van der Waals surface area contributed by atoms with E-state index in [9.17, 15) is 0 Å². The normalized spacial score (nSPS) is 11.8. The predicted molar refractivity (Wildman–Crippen MR) is 74.6 cm³/mol. The van der Waals surface area contributed by atoms with Crippen LogP contribution in [0, 0.1) is 0 Å². The Balaban J connectivity index is 0.00000120. The number of anilines is 1. The Kier molecular flexibility index (Phi) is 3.64. The zero-order valence-electron chi connectivity index (χ0n) is 9.09. The molecule has 0 amide bonds. The van der Waals surface area contributed by atoms with Crippen LogP contribution in [0.25, 0.3) is 11.4 Å². The lowest BCUT2D eigenvalue weighted by molar-refractivity contribution is 1.05. The third kappa shape index (κ3) is 2.23. The third-order valence-corrected chi connectivity index (χ3v) is 2.59. The molecule has 0 atom stereocenters. The zero-order chi connectivity index (χ0) is 11.7. The number of aromatic nitrogens is 2. The van der Waals surface area contributed by atoms with Gasteiger partial charge in [-0.05, 0) is 0 Å². The molecule has 0 aliphatic carbocycles. The van der Waals surface area contributed by atoms with Gasteiger partial charge < -0.3 is 0 Å². The van der Waals surface area contributed by atoms with Crippen molar-refractivity contribution in [1.29, 1.82) is 0 Å². The molecule has 1 aliphatic rings. The molecule has 18 heavy (non-hydrogen) atoms. The van der Waals surface area contributed by atoms with Crippen LogP contribution in [-0.2, 0) is 0 Å². The van der Waals surface area contributed by atoms with Crippen molar-refractivity contribution in [2.24, 2.45) is 4.99 Å². The molecule has 3 rings (SSSR count). The summed E-state index contributed by atoms with van der Waals surface area (Å²) in [6.45, 7) is 0. The van der Waals surface area contributed by atoms with E-state index < -0.39 is 0 Å². The molecular weight excluding hydrogens is 273 g/mol. The molecule has 2 aromatic rings. The van der Waals surface area contributed by atoms with Gasteiger partial charge in [0.1, 0.15) is 12.0 Å². The number of nitrogens with one attached hydrogen (secondary N) is 2. The molecule has 0 saturated carbocycles. The Labute approximate surface area is 115 Å². The summed E-state index contributed by atoms with van der Waals surface area (Å²) >= 11 is 6.06. The van der Waals surface area contributed by atoms with Crippen molar-refractivity contribution in [3.63, 3.8) is 0 Å². The second-order valence-electron chi connectivity index (χ2n) is 3.43. The van der Waals surface area contributed by atoms with Gasteiger partial charge in [0, 0.05) is 5.56 Å². The van der Waals surface area contributed by atoms with E-state index in [2.05, 4.69) is 25.8 Å². The largest absolute Gasteiger partial charge is 0.289 e. The van der Waals surface area contributed by atoms with Crippen LogP contribution >= 0.6 is 24.0 Å². The summed E-state index contributed by atoms with van der Waals surface area (Å²) in [5, 5.41) is 0.333. The minimum atomic E-state index is 0. The van der Waals surface area contributed by atoms with Crippen LogP contribution in [0.3, 0.4) is 0 Å². The summed E-state index contributed by atoms with van der Waals surface area (Å²) in [5.41, 5.74) is 7.09. The van der Waals surface area contributed by atoms with Gasteiger partial charge in [0.25, 0.3) is 0 Å². The van der Waals surface area contributed by atoms with E-state index in [1.807, 2.05) is 30.3 Å². The van der Waals surface area contributed by atoms with Gasteiger partial charge in [-0.15, -0.1) is 12.4 Å². The fourth-order valence-corrected chi connectivity index (χ4v) is 1.76. The van der Waals surface area contributed by atoms with E-state index in [4.69, 9.17) is 11.6 Å². The molecule has 1 aromatic heterocycles. The molecule has 0 radical (unpaired) electrons. The lowest BCUT2D eigenvalue weighted by Gasteiger charge is -2.14. The van der Waals surface area contributed by atoms with Crippen LogP contribution in [0.15, 0.2) is 35.3 Å². The van der Waals surface area contributed by atoms with Gasteiger partial charge in [-0.3, -0.25) is 10.9 Å². The van der Waals surface area contributed by atoms with Crippen molar-refractivity contribution in [2.75, 3.05) is 5.43 Å². The smallest absolute Gasteiger partial charge is 0.176 e. The second kappa shape index (κ2) is 5.20. The van der Waals surface area contributed by atoms with Gasteiger partial charge in [-0.1, -0.05) is 41.9 Å². The summed E-state index contributed by atoms with van der Waals surface area (Å²) in [4.78, 5) is 12.7. The minimum absolute atomic E-state index is 0. The van der Waals surface area contributed by atoms with Crippen molar-refractivity contribution >= 4 is 41.9 Å². The van der Waals surface area contributed by atoms with E-state index in [-0.39, 0.29) is 12.4 Å². The van der Waals surface area contributed by atoms with E-state index in [1.54, 1.807) is 0 Å². The quantitative estimate of drug-likeness (QED) is 0.789. The van der Waals surface area contributed by atoms with Crippen LogP contribution in [0.2, 0.25) is 5.15 Å². The summed E-state index contributed by atoms with van der Waals surface area (Å²) in [6, 6.07) is 9.65. The maximum Gasteiger partial charge on any atom is 0.176 e. The number of rotatable bonds is 1. The van der Waals surface area contributed by atoms with Gasteiger partial charge in [0.2, 0.25) is 0 Å². The molecule has 1 aromatic carbocycles. The summed E-state index contributed by atoms with van der Waals surface area (Å²) in [7, 11) is 0. The molecule has 2 heterocycles. The Bertz CT molecular complexity index is 585. The Morgan fingerprint density at radius 1 is 1.06 bits per heavy atom. The molecular formula is C11H9Cl2N5. The number of benzene rings is 1. The third-order valence-electron chi connectivity index (χ3n) is 2.32. The average molecular weight is 282 g/mol. The Hall–Kier alpha value is -1.85. The first-order valence-corrected chi connectivity index (χ1v) is 5.39. The molecule has 2 N–H and O–H groups in total. The number of hydrazine groups is 1. The maximum atomic E-state index is 6.06. The molecule has 0 bridgehead atoms. The number of hydrogen-bond acceptors (Lipinski definition) is 5. The highest BCUT2D eigenvalue weighted by molar-refractivity contribution is 6.32. The van der Waals surface area contributed by atoms with Gasteiger partial charge in [-0.2, -0.15) is 0 Å². The van der Waals surface area contributed by atoms with Crippen molar-refractivity contribution in [3.8, 4) is 11.4 Å². The molecule has 0 fully saturated rings. The predicted octanol–water partition coefficient (Wildman–Crippen LogP) is 2.81. The van der Waals surface area contributed by atoms with Crippen LogP contribution in [0.5, 0.6) is 0 Å². The molecule has 1 aliphatic heterocycles. The van der Waals surface area contributed by atoms with Gasteiger partial charge in [-0.25, -0.2) is 15.0 Å². The number of hydrogen-bond donors (Lipinski definition) is 2. The molecule has 0 unspecified atom stereocenters. The molecule has 0 saturated heterocycles. The van der Waals surface area contributed by atoms with Crippen molar-refractivity contribution < 1.29 is 0 Å². The average Bonchev–Trinajstić information content (AvgIpc) is 2.40. The van der Waals surface area contributed by atoms with Gasteiger partial charge >= 0.3 is 0 Å². The van der Waals surface area contributed by atoms with E-state index in [0.717, 1.165) is 5.56 Å². The van der Waals surface area contributed by atoms with Gasteiger partial charge in [0.05, 0.1) is 0 Å².